The van der Waals surface area contributed by atoms with Crippen molar-refractivity contribution in [2.24, 2.45) is 11.8 Å². The number of urea groups is 1. The lowest BCUT2D eigenvalue weighted by Crippen LogP contribution is -2.33. The van der Waals surface area contributed by atoms with E-state index in [1.807, 2.05) is 6.08 Å². The Labute approximate surface area is 87.0 Å². The maximum absolute atomic E-state index is 11.1. The fourth-order valence-corrected chi connectivity index (χ4v) is 0.842. The molecule has 0 aromatic heterocycles. The predicted molar refractivity (Wildman–Crippen MR) is 60.0 cm³/mol. The first kappa shape index (κ1) is 13.0. The Balaban J connectivity index is 3.46. The first-order valence-electron chi connectivity index (χ1n) is 5.23. The Morgan fingerprint density at radius 1 is 1.29 bits per heavy atom. The SMILES string of the molecule is CC(C)/C=C/NC(=O)NCCC(C)C. The number of nitrogens with one attached hydrogen (secondary N) is 2. The van der Waals surface area contributed by atoms with Gasteiger partial charge >= 0.3 is 6.03 Å². The van der Waals surface area contributed by atoms with E-state index in [1.165, 1.54) is 0 Å². The average Bonchev–Trinajstić information content (AvgIpc) is 2.02. The Morgan fingerprint density at radius 3 is 2.43 bits per heavy atom. The van der Waals surface area contributed by atoms with Crippen LogP contribution in [0, 0.1) is 11.8 Å². The lowest BCUT2D eigenvalue weighted by molar-refractivity contribution is 0.243. The van der Waals surface area contributed by atoms with Crippen LogP contribution in [-0.4, -0.2) is 12.6 Å². The standard InChI is InChI=1S/C11H22N2O/c1-9(2)5-7-12-11(14)13-8-6-10(3)4/h5,7,9-10H,6,8H2,1-4H3,(H2,12,13,14)/b7-5+. The largest absolute Gasteiger partial charge is 0.338 e. The molecule has 0 heterocycles. The molecule has 0 aromatic carbocycles. The second-order valence-electron chi connectivity index (χ2n) is 4.19. The highest BCUT2D eigenvalue weighted by molar-refractivity contribution is 5.74. The van der Waals surface area contributed by atoms with Gasteiger partial charge in [-0.2, -0.15) is 0 Å². The van der Waals surface area contributed by atoms with Crippen molar-refractivity contribution < 1.29 is 4.79 Å². The number of amides is 2. The van der Waals surface area contributed by atoms with Crippen molar-refractivity contribution in [3.63, 3.8) is 0 Å². The van der Waals surface area contributed by atoms with Gasteiger partial charge in [0.1, 0.15) is 0 Å². The third-order valence-corrected chi connectivity index (χ3v) is 1.70. The molecule has 0 unspecified atom stereocenters. The first-order chi connectivity index (χ1) is 6.52. The van der Waals surface area contributed by atoms with E-state index in [-0.39, 0.29) is 6.03 Å². The topological polar surface area (TPSA) is 41.1 Å². The fourth-order valence-electron chi connectivity index (χ4n) is 0.842. The van der Waals surface area contributed by atoms with E-state index in [9.17, 15) is 4.79 Å². The van der Waals surface area contributed by atoms with Crippen molar-refractivity contribution in [1.29, 1.82) is 0 Å². The van der Waals surface area contributed by atoms with Crippen LogP contribution in [-0.2, 0) is 0 Å². The molecule has 3 heteroatoms. The van der Waals surface area contributed by atoms with Gasteiger partial charge in [-0.05, 0) is 18.3 Å². The van der Waals surface area contributed by atoms with Crippen LogP contribution in [0.2, 0.25) is 0 Å². The van der Waals surface area contributed by atoms with Crippen LogP contribution in [0.25, 0.3) is 0 Å². The number of carbonyl (C=O) groups is 1. The minimum absolute atomic E-state index is 0.123. The molecule has 0 radical (unpaired) electrons. The lowest BCUT2D eigenvalue weighted by Gasteiger charge is -2.06. The van der Waals surface area contributed by atoms with Crippen LogP contribution >= 0.6 is 0 Å². The normalized spacial score (nSPS) is 11.3. The molecule has 3 nitrogen and oxygen atoms in total. The molecule has 0 saturated carbocycles. The van der Waals surface area contributed by atoms with E-state index in [0.717, 1.165) is 13.0 Å². The zero-order chi connectivity index (χ0) is 11.0. The van der Waals surface area contributed by atoms with Crippen LogP contribution in [0.5, 0.6) is 0 Å². The third kappa shape index (κ3) is 9.10. The van der Waals surface area contributed by atoms with Gasteiger partial charge in [-0.1, -0.05) is 33.8 Å². The summed E-state index contributed by atoms with van der Waals surface area (Å²) < 4.78 is 0. The summed E-state index contributed by atoms with van der Waals surface area (Å²) in [7, 11) is 0. The zero-order valence-electron chi connectivity index (χ0n) is 9.63. The summed E-state index contributed by atoms with van der Waals surface area (Å²) in [5.74, 6) is 1.09. The molecular formula is C11H22N2O. The van der Waals surface area contributed by atoms with Crippen LogP contribution in [0.4, 0.5) is 4.79 Å². The van der Waals surface area contributed by atoms with Gasteiger partial charge in [0.05, 0.1) is 0 Å². The van der Waals surface area contributed by atoms with Gasteiger partial charge in [0, 0.05) is 12.7 Å². The molecule has 0 saturated heterocycles. The Kier molecular flexibility index (Phi) is 6.89. The quantitative estimate of drug-likeness (QED) is 0.700. The third-order valence-electron chi connectivity index (χ3n) is 1.70. The molecule has 0 spiro atoms. The molecule has 2 N–H and O–H groups in total. The van der Waals surface area contributed by atoms with Crippen LogP contribution in [0.1, 0.15) is 34.1 Å². The maximum Gasteiger partial charge on any atom is 0.318 e. The molecule has 0 rings (SSSR count). The second-order valence-corrected chi connectivity index (χ2v) is 4.19. The molecule has 82 valence electrons. The minimum Gasteiger partial charge on any atom is -0.338 e. The van der Waals surface area contributed by atoms with Gasteiger partial charge in [-0.15, -0.1) is 0 Å². The Hall–Kier alpha value is -0.990. The number of carbonyl (C=O) groups excluding carboxylic acids is 1. The molecule has 14 heavy (non-hydrogen) atoms. The molecule has 0 aliphatic rings. The number of allylic oxidation sites excluding steroid dienone is 1. The molecule has 0 aliphatic heterocycles. The summed E-state index contributed by atoms with van der Waals surface area (Å²) >= 11 is 0. The van der Waals surface area contributed by atoms with Crippen molar-refractivity contribution in [3.8, 4) is 0 Å². The van der Waals surface area contributed by atoms with Crippen molar-refractivity contribution >= 4 is 6.03 Å². The second kappa shape index (κ2) is 7.42. The van der Waals surface area contributed by atoms with Gasteiger partial charge in [-0.3, -0.25) is 0 Å². The van der Waals surface area contributed by atoms with Crippen LogP contribution in [0.3, 0.4) is 0 Å². The Bertz CT molecular complexity index is 186. The van der Waals surface area contributed by atoms with Gasteiger partial charge in [0.25, 0.3) is 0 Å². The number of hydrogen-bond acceptors (Lipinski definition) is 1. The van der Waals surface area contributed by atoms with Crippen molar-refractivity contribution in [1.82, 2.24) is 10.6 Å². The molecule has 0 bridgehead atoms. The van der Waals surface area contributed by atoms with Crippen LogP contribution < -0.4 is 10.6 Å². The predicted octanol–water partition coefficient (Wildman–Crippen LogP) is 2.50. The smallest absolute Gasteiger partial charge is 0.318 e. The highest BCUT2D eigenvalue weighted by atomic mass is 16.2. The minimum atomic E-state index is -0.123. The van der Waals surface area contributed by atoms with Gasteiger partial charge in [-0.25, -0.2) is 4.79 Å². The van der Waals surface area contributed by atoms with Crippen molar-refractivity contribution in [3.05, 3.63) is 12.3 Å². The van der Waals surface area contributed by atoms with E-state index in [0.29, 0.717) is 11.8 Å². The highest BCUT2D eigenvalue weighted by Gasteiger charge is 1.97. The molecule has 2 amide bonds. The molecule has 0 aromatic rings. The van der Waals surface area contributed by atoms with Gasteiger partial charge in [0.15, 0.2) is 0 Å². The number of rotatable bonds is 5. The van der Waals surface area contributed by atoms with E-state index < -0.39 is 0 Å². The fraction of sp³-hybridized carbons (Fsp3) is 0.727. The van der Waals surface area contributed by atoms with Crippen molar-refractivity contribution in [2.75, 3.05) is 6.54 Å². The van der Waals surface area contributed by atoms with Gasteiger partial charge < -0.3 is 10.6 Å². The zero-order valence-corrected chi connectivity index (χ0v) is 9.63. The monoisotopic (exact) mass is 198 g/mol. The summed E-state index contributed by atoms with van der Waals surface area (Å²) in [6.07, 6.45) is 4.65. The van der Waals surface area contributed by atoms with Gasteiger partial charge in [0.2, 0.25) is 0 Å². The lowest BCUT2D eigenvalue weighted by atomic mass is 10.1. The summed E-state index contributed by atoms with van der Waals surface area (Å²) in [6, 6.07) is -0.123. The summed E-state index contributed by atoms with van der Waals surface area (Å²) in [6.45, 7) is 9.14. The summed E-state index contributed by atoms with van der Waals surface area (Å²) in [4.78, 5) is 11.1. The summed E-state index contributed by atoms with van der Waals surface area (Å²) in [5.41, 5.74) is 0. The molecule has 0 aliphatic carbocycles. The van der Waals surface area contributed by atoms with Crippen molar-refractivity contribution in [2.45, 2.75) is 34.1 Å². The molecular weight excluding hydrogens is 176 g/mol. The van der Waals surface area contributed by atoms with E-state index >= 15 is 0 Å². The highest BCUT2D eigenvalue weighted by Crippen LogP contribution is 1.96. The molecule has 0 atom stereocenters. The van der Waals surface area contributed by atoms with Crippen LogP contribution in [0.15, 0.2) is 12.3 Å². The van der Waals surface area contributed by atoms with E-state index in [1.54, 1.807) is 6.20 Å². The van der Waals surface area contributed by atoms with E-state index in [2.05, 4.69) is 38.3 Å². The Morgan fingerprint density at radius 2 is 1.93 bits per heavy atom. The summed E-state index contributed by atoms with van der Waals surface area (Å²) in [5, 5.41) is 5.44. The molecule has 0 fully saturated rings. The maximum atomic E-state index is 11.1. The first-order valence-corrected chi connectivity index (χ1v) is 5.23. The van der Waals surface area contributed by atoms with E-state index in [4.69, 9.17) is 0 Å². The average molecular weight is 198 g/mol. The number of hydrogen-bond donors (Lipinski definition) is 2.